The molecule has 0 aromatic heterocycles. The molecule has 2 rings (SSSR count). The van der Waals surface area contributed by atoms with Crippen LogP contribution in [-0.2, 0) is 4.79 Å². The van der Waals surface area contributed by atoms with Gasteiger partial charge in [0.05, 0.1) is 6.07 Å². The topological polar surface area (TPSA) is 44.1 Å². The first-order chi connectivity index (χ1) is 6.67. The maximum absolute atomic E-state index is 11.7. The van der Waals surface area contributed by atoms with Crippen molar-refractivity contribution in [1.82, 2.24) is 4.90 Å². The molecule has 1 atom stereocenters. The van der Waals surface area contributed by atoms with Gasteiger partial charge in [0, 0.05) is 13.1 Å². The Morgan fingerprint density at radius 3 is 2.64 bits per heavy atom. The van der Waals surface area contributed by atoms with Gasteiger partial charge >= 0.3 is 0 Å². The van der Waals surface area contributed by atoms with Crippen molar-refractivity contribution < 1.29 is 4.79 Å². The van der Waals surface area contributed by atoms with E-state index in [1.807, 2.05) is 11.0 Å². The van der Waals surface area contributed by atoms with Crippen LogP contribution >= 0.6 is 0 Å². The number of carbonyl (C=O) groups is 1. The average Bonchev–Trinajstić information content (AvgIpc) is 2.59. The molecule has 2 fully saturated rings. The number of nitrogens with zero attached hydrogens (tertiary/aromatic N) is 2. The van der Waals surface area contributed by atoms with Crippen molar-refractivity contribution in [3.63, 3.8) is 0 Å². The van der Waals surface area contributed by atoms with E-state index in [4.69, 9.17) is 5.26 Å². The molecule has 1 spiro atoms. The van der Waals surface area contributed by atoms with E-state index >= 15 is 0 Å². The molecular weight excluding hydrogens is 176 g/mol. The van der Waals surface area contributed by atoms with Gasteiger partial charge in [-0.25, -0.2) is 0 Å². The van der Waals surface area contributed by atoms with Crippen LogP contribution in [0.3, 0.4) is 0 Å². The number of rotatable bonds is 1. The van der Waals surface area contributed by atoms with Crippen LogP contribution in [0.1, 0.15) is 32.6 Å². The lowest BCUT2D eigenvalue weighted by Gasteiger charge is -2.38. The summed E-state index contributed by atoms with van der Waals surface area (Å²) in [6, 6.07) is 2.01. The maximum Gasteiger partial charge on any atom is 0.239 e. The summed E-state index contributed by atoms with van der Waals surface area (Å²) in [4.78, 5) is 13.6. The summed E-state index contributed by atoms with van der Waals surface area (Å²) in [6.45, 7) is 3.46. The van der Waals surface area contributed by atoms with Crippen LogP contribution in [0.2, 0.25) is 0 Å². The molecule has 76 valence electrons. The molecule has 1 aliphatic heterocycles. The minimum Gasteiger partial charge on any atom is -0.341 e. The van der Waals surface area contributed by atoms with E-state index in [1.54, 1.807) is 6.92 Å². The lowest BCUT2D eigenvalue weighted by Crippen LogP contribution is -2.37. The highest BCUT2D eigenvalue weighted by Gasteiger charge is 2.44. The quantitative estimate of drug-likeness (QED) is 0.632. The van der Waals surface area contributed by atoms with Gasteiger partial charge in [0.2, 0.25) is 5.91 Å². The first-order valence-electron chi connectivity index (χ1n) is 5.35. The van der Waals surface area contributed by atoms with E-state index in [1.165, 1.54) is 19.3 Å². The van der Waals surface area contributed by atoms with E-state index in [-0.39, 0.29) is 5.91 Å². The van der Waals surface area contributed by atoms with Gasteiger partial charge in [-0.05, 0) is 31.6 Å². The SMILES string of the molecule is CC(C#N)C(=O)N1CCC2(CCC2)C1. The minimum absolute atomic E-state index is 0.0243. The van der Waals surface area contributed by atoms with Gasteiger partial charge in [0.15, 0.2) is 0 Å². The van der Waals surface area contributed by atoms with Crippen molar-refractivity contribution in [2.45, 2.75) is 32.6 Å². The summed E-state index contributed by atoms with van der Waals surface area (Å²) in [5, 5.41) is 8.67. The molecule has 0 N–H and O–H groups in total. The minimum atomic E-state index is -0.467. The zero-order valence-electron chi connectivity index (χ0n) is 8.62. The van der Waals surface area contributed by atoms with Gasteiger partial charge in [0.1, 0.15) is 5.92 Å². The Morgan fingerprint density at radius 2 is 2.21 bits per heavy atom. The molecule has 0 bridgehead atoms. The van der Waals surface area contributed by atoms with Crippen molar-refractivity contribution in [3.8, 4) is 6.07 Å². The van der Waals surface area contributed by atoms with Crippen LogP contribution in [-0.4, -0.2) is 23.9 Å². The van der Waals surface area contributed by atoms with Crippen molar-refractivity contribution in [2.24, 2.45) is 11.3 Å². The second kappa shape index (κ2) is 3.27. The van der Waals surface area contributed by atoms with E-state index in [0.717, 1.165) is 19.5 Å². The lowest BCUT2D eigenvalue weighted by molar-refractivity contribution is -0.132. The van der Waals surface area contributed by atoms with E-state index in [0.29, 0.717) is 5.41 Å². The molecule has 1 heterocycles. The van der Waals surface area contributed by atoms with Crippen LogP contribution < -0.4 is 0 Å². The third-order valence-corrected chi connectivity index (χ3v) is 3.73. The molecule has 2 aliphatic rings. The highest BCUT2D eigenvalue weighted by Crippen LogP contribution is 2.48. The van der Waals surface area contributed by atoms with E-state index in [2.05, 4.69) is 0 Å². The molecule has 0 aromatic carbocycles. The molecule has 14 heavy (non-hydrogen) atoms. The second-order valence-corrected chi connectivity index (χ2v) is 4.71. The summed E-state index contributed by atoms with van der Waals surface area (Å²) in [7, 11) is 0. The molecule has 1 aliphatic carbocycles. The van der Waals surface area contributed by atoms with Crippen molar-refractivity contribution >= 4 is 5.91 Å². The van der Waals surface area contributed by atoms with Crippen LogP contribution in [0.25, 0.3) is 0 Å². The number of likely N-dealkylation sites (tertiary alicyclic amines) is 1. The van der Waals surface area contributed by atoms with Crippen molar-refractivity contribution in [3.05, 3.63) is 0 Å². The smallest absolute Gasteiger partial charge is 0.239 e. The van der Waals surface area contributed by atoms with Gasteiger partial charge in [0.25, 0.3) is 0 Å². The van der Waals surface area contributed by atoms with Crippen molar-refractivity contribution in [1.29, 1.82) is 5.26 Å². The molecule has 3 nitrogen and oxygen atoms in total. The summed E-state index contributed by atoms with van der Waals surface area (Å²) >= 11 is 0. The van der Waals surface area contributed by atoms with Crippen LogP contribution in [0.15, 0.2) is 0 Å². The number of amides is 1. The van der Waals surface area contributed by atoms with Gasteiger partial charge in [-0.3, -0.25) is 4.79 Å². The fourth-order valence-corrected chi connectivity index (χ4v) is 2.54. The standard InChI is InChI=1S/C11H16N2O/c1-9(7-12)10(14)13-6-5-11(8-13)3-2-4-11/h9H,2-6,8H2,1H3. The summed E-state index contributed by atoms with van der Waals surface area (Å²) in [5.74, 6) is -0.443. The number of carbonyl (C=O) groups excluding carboxylic acids is 1. The molecule has 1 saturated carbocycles. The zero-order chi connectivity index (χ0) is 10.2. The number of hydrogen-bond acceptors (Lipinski definition) is 2. The van der Waals surface area contributed by atoms with Gasteiger partial charge in [-0.2, -0.15) is 5.26 Å². The van der Waals surface area contributed by atoms with Gasteiger partial charge in [-0.1, -0.05) is 6.42 Å². The Balaban J connectivity index is 1.95. The summed E-state index contributed by atoms with van der Waals surface area (Å²) in [5.41, 5.74) is 0.449. The number of hydrogen-bond donors (Lipinski definition) is 0. The molecule has 0 radical (unpaired) electrons. The Labute approximate surface area is 84.7 Å². The Morgan fingerprint density at radius 1 is 1.50 bits per heavy atom. The second-order valence-electron chi connectivity index (χ2n) is 4.71. The Hall–Kier alpha value is -1.04. The summed E-state index contributed by atoms with van der Waals surface area (Å²) in [6.07, 6.45) is 5.02. The fourth-order valence-electron chi connectivity index (χ4n) is 2.54. The van der Waals surface area contributed by atoms with Gasteiger partial charge in [-0.15, -0.1) is 0 Å². The number of nitriles is 1. The molecule has 3 heteroatoms. The third-order valence-electron chi connectivity index (χ3n) is 3.73. The highest BCUT2D eigenvalue weighted by molar-refractivity contribution is 5.81. The average molecular weight is 192 g/mol. The Bertz CT molecular complexity index is 288. The zero-order valence-corrected chi connectivity index (χ0v) is 8.62. The van der Waals surface area contributed by atoms with E-state index in [9.17, 15) is 4.79 Å². The molecule has 1 saturated heterocycles. The highest BCUT2D eigenvalue weighted by atomic mass is 16.2. The monoisotopic (exact) mass is 192 g/mol. The first kappa shape index (κ1) is 9.51. The van der Waals surface area contributed by atoms with Gasteiger partial charge < -0.3 is 4.90 Å². The largest absolute Gasteiger partial charge is 0.341 e. The predicted molar refractivity (Wildman–Crippen MR) is 52.3 cm³/mol. The van der Waals surface area contributed by atoms with Crippen molar-refractivity contribution in [2.75, 3.05) is 13.1 Å². The lowest BCUT2D eigenvalue weighted by atomic mass is 9.68. The maximum atomic E-state index is 11.7. The Kier molecular flexibility index (Phi) is 2.22. The molecule has 0 aromatic rings. The summed E-state index contributed by atoms with van der Waals surface area (Å²) < 4.78 is 0. The third kappa shape index (κ3) is 1.39. The van der Waals surface area contributed by atoms with Crippen LogP contribution in [0.4, 0.5) is 0 Å². The first-order valence-corrected chi connectivity index (χ1v) is 5.35. The van der Waals surface area contributed by atoms with Crippen LogP contribution in [0, 0.1) is 22.7 Å². The fraction of sp³-hybridized carbons (Fsp3) is 0.818. The predicted octanol–water partition coefficient (Wildman–Crippen LogP) is 1.55. The normalized spacial score (nSPS) is 25.6. The molecule has 1 amide bonds. The van der Waals surface area contributed by atoms with Crippen LogP contribution in [0.5, 0.6) is 0 Å². The molecular formula is C11H16N2O. The van der Waals surface area contributed by atoms with E-state index < -0.39 is 5.92 Å². The molecule has 1 unspecified atom stereocenters.